The quantitative estimate of drug-likeness (QED) is 0.293. The van der Waals surface area contributed by atoms with Crippen LogP contribution in [0.1, 0.15) is 6.42 Å². The molecule has 1 saturated heterocycles. The molecule has 8 heteroatoms. The fourth-order valence-electron chi connectivity index (χ4n) is 3.82. The van der Waals surface area contributed by atoms with E-state index in [2.05, 4.69) is 15.0 Å². The summed E-state index contributed by atoms with van der Waals surface area (Å²) < 4.78 is 19.4. The van der Waals surface area contributed by atoms with Crippen LogP contribution in [0.3, 0.4) is 0 Å². The zero-order chi connectivity index (χ0) is 21.0. The van der Waals surface area contributed by atoms with E-state index in [-0.39, 0.29) is 0 Å². The van der Waals surface area contributed by atoms with Crippen LogP contribution >= 0.6 is 0 Å². The van der Waals surface area contributed by atoms with Gasteiger partial charge in [0.05, 0.1) is 26.1 Å². The van der Waals surface area contributed by atoms with Crippen molar-refractivity contribution in [3.63, 3.8) is 0 Å². The fourth-order valence-corrected chi connectivity index (χ4v) is 3.82. The van der Waals surface area contributed by atoms with Crippen LogP contribution in [0.15, 0.2) is 64.6 Å². The van der Waals surface area contributed by atoms with Crippen molar-refractivity contribution in [1.29, 1.82) is 0 Å². The summed E-state index contributed by atoms with van der Waals surface area (Å²) in [4.78, 5) is 6.85. The largest absolute Gasteiger partial charge is 0.493 e. The number of rotatable bonds is 6. The summed E-state index contributed by atoms with van der Waals surface area (Å²) in [5.41, 5.74) is 2.24. The van der Waals surface area contributed by atoms with Crippen molar-refractivity contribution < 1.29 is 19.1 Å². The average molecular weight is 420 g/mol. The first-order valence-corrected chi connectivity index (χ1v) is 10.4. The van der Waals surface area contributed by atoms with E-state index in [1.54, 1.807) is 12.4 Å². The van der Waals surface area contributed by atoms with Gasteiger partial charge in [-0.25, -0.2) is 4.98 Å². The van der Waals surface area contributed by atoms with Crippen molar-refractivity contribution >= 4 is 16.5 Å². The van der Waals surface area contributed by atoms with Crippen molar-refractivity contribution in [2.75, 3.05) is 39.5 Å². The molecular formula is C23H24N4O4. The van der Waals surface area contributed by atoms with Crippen LogP contribution in [0.25, 0.3) is 27.9 Å². The first kappa shape index (κ1) is 19.6. The van der Waals surface area contributed by atoms with Crippen LogP contribution in [-0.2, 0) is 4.74 Å². The van der Waals surface area contributed by atoms with Gasteiger partial charge in [0.25, 0.3) is 0 Å². The van der Waals surface area contributed by atoms with Crippen molar-refractivity contribution in [3.05, 3.63) is 60.3 Å². The van der Waals surface area contributed by atoms with E-state index in [0.717, 1.165) is 44.8 Å². The van der Waals surface area contributed by atoms with E-state index in [0.29, 0.717) is 40.1 Å². The number of hydrogen-bond donors (Lipinski definition) is 1. The highest BCUT2D eigenvalue weighted by molar-refractivity contribution is 5.79. The van der Waals surface area contributed by atoms with Crippen molar-refractivity contribution in [3.8, 4) is 17.2 Å². The van der Waals surface area contributed by atoms with Crippen LogP contribution in [-0.4, -0.2) is 58.9 Å². The van der Waals surface area contributed by atoms with Gasteiger partial charge in [-0.05, 0) is 36.8 Å². The van der Waals surface area contributed by atoms with Gasteiger partial charge in [-0.3, -0.25) is 4.90 Å². The monoisotopic (exact) mass is 420 g/mol. The van der Waals surface area contributed by atoms with Crippen molar-refractivity contribution in [1.82, 2.24) is 14.3 Å². The number of aromatic nitrogens is 2. The molecular weight excluding hydrogens is 396 g/mol. The molecule has 1 aliphatic heterocycles. The van der Waals surface area contributed by atoms with Crippen LogP contribution in [0.2, 0.25) is 0 Å². The molecule has 0 unspecified atom stereocenters. The summed E-state index contributed by atoms with van der Waals surface area (Å²) in [5.74, 6) is 1.24. The Kier molecular flexibility index (Phi) is 5.56. The topological polar surface area (TPSA) is 84.7 Å². The average Bonchev–Trinajstić information content (AvgIpc) is 3.29. The van der Waals surface area contributed by atoms with E-state index < -0.39 is 0 Å². The maximum atomic E-state index is 9.53. The number of hydrogen-bond acceptors (Lipinski definition) is 7. The summed E-state index contributed by atoms with van der Waals surface area (Å²) in [7, 11) is 0. The van der Waals surface area contributed by atoms with Gasteiger partial charge in [0.2, 0.25) is 0 Å². The SMILES string of the molecule is ON=c1cc(-c2cc3cccn3cn2)oc2cc(OCCCN3CCOCC3)ccc12. The molecule has 0 saturated carbocycles. The minimum atomic E-state index is 0.423. The predicted molar refractivity (Wildman–Crippen MR) is 115 cm³/mol. The third-order valence-electron chi connectivity index (χ3n) is 5.49. The van der Waals surface area contributed by atoms with Gasteiger partial charge in [-0.15, -0.1) is 0 Å². The van der Waals surface area contributed by atoms with Crippen LogP contribution in [0.5, 0.6) is 5.75 Å². The van der Waals surface area contributed by atoms with E-state index in [1.165, 1.54) is 0 Å². The van der Waals surface area contributed by atoms with Crippen molar-refractivity contribution in [2.45, 2.75) is 6.42 Å². The predicted octanol–water partition coefficient (Wildman–Crippen LogP) is 3.14. The summed E-state index contributed by atoms with van der Waals surface area (Å²) in [6.45, 7) is 5.18. The molecule has 1 aliphatic rings. The van der Waals surface area contributed by atoms with Crippen LogP contribution < -0.4 is 10.1 Å². The van der Waals surface area contributed by atoms with Crippen LogP contribution in [0.4, 0.5) is 0 Å². The molecule has 0 atom stereocenters. The lowest BCUT2D eigenvalue weighted by molar-refractivity contribution is 0.0358. The van der Waals surface area contributed by atoms with Gasteiger partial charge in [0.1, 0.15) is 22.4 Å². The summed E-state index contributed by atoms with van der Waals surface area (Å²) in [6.07, 6.45) is 4.60. The molecule has 1 aromatic carbocycles. The smallest absolute Gasteiger partial charge is 0.155 e. The molecule has 0 spiro atoms. The molecule has 0 aliphatic carbocycles. The first-order valence-electron chi connectivity index (χ1n) is 10.4. The highest BCUT2D eigenvalue weighted by Gasteiger charge is 2.11. The summed E-state index contributed by atoms with van der Waals surface area (Å²) >= 11 is 0. The van der Waals surface area contributed by atoms with Gasteiger partial charge in [-0.1, -0.05) is 5.16 Å². The highest BCUT2D eigenvalue weighted by atomic mass is 16.5. The van der Waals surface area contributed by atoms with Gasteiger partial charge < -0.3 is 23.5 Å². The van der Waals surface area contributed by atoms with Gasteiger partial charge >= 0.3 is 0 Å². The maximum absolute atomic E-state index is 9.53. The van der Waals surface area contributed by atoms with Gasteiger partial charge in [0, 0.05) is 48.9 Å². The lowest BCUT2D eigenvalue weighted by atomic mass is 10.2. The molecule has 160 valence electrons. The standard InChI is InChI=1S/C23H24N4O4/c28-25-20-15-23(21-13-17-3-1-7-27(17)16-24-21)31-22-14-18(4-5-19(20)22)30-10-2-6-26-8-11-29-12-9-26/h1,3-5,7,13-16,28H,2,6,8-12H2. The Hall–Kier alpha value is -3.36. The molecule has 0 bridgehead atoms. The Morgan fingerprint density at radius 3 is 2.90 bits per heavy atom. The molecule has 4 aromatic rings. The minimum absolute atomic E-state index is 0.423. The second kappa shape index (κ2) is 8.79. The number of fused-ring (bicyclic) bond motifs is 2. The van der Waals surface area contributed by atoms with E-state index >= 15 is 0 Å². The molecule has 1 fully saturated rings. The van der Waals surface area contributed by atoms with Crippen molar-refractivity contribution in [2.24, 2.45) is 5.16 Å². The summed E-state index contributed by atoms with van der Waals surface area (Å²) in [5, 5.41) is 14.1. The fraction of sp³-hybridized carbons (Fsp3) is 0.304. The Balaban J connectivity index is 1.36. The Bertz CT molecular complexity index is 1260. The maximum Gasteiger partial charge on any atom is 0.155 e. The number of ether oxygens (including phenoxy) is 2. The molecule has 4 heterocycles. The Morgan fingerprint density at radius 1 is 1.13 bits per heavy atom. The molecule has 31 heavy (non-hydrogen) atoms. The molecule has 3 aromatic heterocycles. The second-order valence-electron chi connectivity index (χ2n) is 7.52. The van der Waals surface area contributed by atoms with Crippen LogP contribution in [0, 0.1) is 0 Å². The molecule has 1 N–H and O–H groups in total. The molecule has 0 amide bonds. The lowest BCUT2D eigenvalue weighted by Crippen LogP contribution is -2.37. The Morgan fingerprint density at radius 2 is 2.03 bits per heavy atom. The van der Waals surface area contributed by atoms with E-state index in [4.69, 9.17) is 13.9 Å². The number of morpholine rings is 1. The zero-order valence-electron chi connectivity index (χ0n) is 17.1. The second-order valence-corrected chi connectivity index (χ2v) is 7.52. The third kappa shape index (κ3) is 4.26. The molecule has 0 radical (unpaired) electrons. The zero-order valence-corrected chi connectivity index (χ0v) is 17.1. The third-order valence-corrected chi connectivity index (χ3v) is 5.49. The van der Waals surface area contributed by atoms with Gasteiger partial charge in [-0.2, -0.15) is 0 Å². The number of nitrogens with zero attached hydrogens (tertiary/aromatic N) is 4. The van der Waals surface area contributed by atoms with E-state index in [1.807, 2.05) is 47.0 Å². The normalized spacial score (nSPS) is 15.7. The minimum Gasteiger partial charge on any atom is -0.493 e. The van der Waals surface area contributed by atoms with Gasteiger partial charge in [0.15, 0.2) is 5.76 Å². The molecule has 5 rings (SSSR count). The summed E-state index contributed by atoms with van der Waals surface area (Å²) in [6, 6.07) is 13.1. The Labute approximate surface area is 178 Å². The molecule has 8 nitrogen and oxygen atoms in total. The van der Waals surface area contributed by atoms with E-state index in [9.17, 15) is 5.21 Å². The highest BCUT2D eigenvalue weighted by Crippen LogP contribution is 2.25. The lowest BCUT2D eigenvalue weighted by Gasteiger charge is -2.26. The number of benzene rings is 1. The first-order chi connectivity index (χ1) is 15.3.